The highest BCUT2D eigenvalue weighted by atomic mass is 16.2. The van der Waals surface area contributed by atoms with Crippen LogP contribution in [0, 0.1) is 6.92 Å². The van der Waals surface area contributed by atoms with Crippen LogP contribution in [0.1, 0.15) is 73.4 Å². The van der Waals surface area contributed by atoms with Gasteiger partial charge in [-0.3, -0.25) is 14.4 Å². The number of anilines is 3. The summed E-state index contributed by atoms with van der Waals surface area (Å²) in [4.78, 5) is 58.8. The molecule has 3 N–H and O–H groups in total. The van der Waals surface area contributed by atoms with Crippen LogP contribution in [0.3, 0.4) is 0 Å². The lowest BCUT2D eigenvalue weighted by atomic mass is 9.73. The Hall–Kier alpha value is -4.77. The highest BCUT2D eigenvalue weighted by molar-refractivity contribution is 6.09. The monoisotopic (exact) mass is 660 g/mol. The summed E-state index contributed by atoms with van der Waals surface area (Å²) in [6, 6.07) is 14.7. The van der Waals surface area contributed by atoms with Crippen LogP contribution in [0.25, 0.3) is 22.3 Å². The van der Waals surface area contributed by atoms with Crippen molar-refractivity contribution in [2.24, 2.45) is 0 Å². The molecular weight excluding hydrogens is 616 g/mol. The first-order chi connectivity index (χ1) is 23.8. The number of aryl methyl sites for hydroxylation is 1. The molecule has 0 unspecified atom stereocenters. The van der Waals surface area contributed by atoms with E-state index in [4.69, 9.17) is 4.98 Å². The maximum atomic E-state index is 14.6. The second-order valence-corrected chi connectivity index (χ2v) is 14.3. The van der Waals surface area contributed by atoms with Crippen LogP contribution < -0.4 is 15.5 Å². The van der Waals surface area contributed by atoms with Gasteiger partial charge in [-0.15, -0.1) is 0 Å². The number of piperidine rings is 2. The smallest absolute Gasteiger partial charge is 0.251 e. The van der Waals surface area contributed by atoms with E-state index in [9.17, 15) is 14.4 Å². The fourth-order valence-electron chi connectivity index (χ4n) is 8.55. The van der Waals surface area contributed by atoms with Crippen molar-refractivity contribution in [3.63, 3.8) is 0 Å². The number of rotatable bonds is 6. The second-order valence-electron chi connectivity index (χ2n) is 14.3. The number of fused-ring (bicyclic) bond motifs is 3. The zero-order valence-corrected chi connectivity index (χ0v) is 28.5. The Morgan fingerprint density at radius 1 is 0.959 bits per heavy atom. The van der Waals surface area contributed by atoms with Crippen LogP contribution in [-0.4, -0.2) is 87.8 Å². The Morgan fingerprint density at radius 3 is 2.47 bits per heavy atom. The summed E-state index contributed by atoms with van der Waals surface area (Å²) < 4.78 is 0. The molecular formula is C38H44N8O3. The lowest BCUT2D eigenvalue weighted by molar-refractivity contribution is -0.134. The molecule has 11 heteroatoms. The number of benzene rings is 2. The molecule has 1 spiro atoms. The van der Waals surface area contributed by atoms with Gasteiger partial charge in [-0.2, -0.15) is 0 Å². The van der Waals surface area contributed by atoms with E-state index in [1.807, 2.05) is 36.1 Å². The molecule has 5 heterocycles. The highest BCUT2D eigenvalue weighted by Crippen LogP contribution is 2.52. The summed E-state index contributed by atoms with van der Waals surface area (Å²) in [7, 11) is 1.63. The number of amides is 3. The number of H-pyrrole nitrogens is 1. The van der Waals surface area contributed by atoms with Crippen molar-refractivity contribution in [3.8, 4) is 11.3 Å². The number of pyridine rings is 1. The Bertz CT molecular complexity index is 1950. The first-order valence-corrected chi connectivity index (χ1v) is 17.7. The predicted octanol–water partition coefficient (Wildman–Crippen LogP) is 5.28. The number of aromatic amines is 1. The number of imidazole rings is 1. The van der Waals surface area contributed by atoms with Gasteiger partial charge in [-0.05, 0) is 93.9 Å². The fraction of sp³-hybridized carbons (Fsp3) is 0.447. The largest absolute Gasteiger partial charge is 0.355 e. The number of carbonyl (C=O) groups excluding carboxylic acids is 3. The number of hydrogen-bond donors (Lipinski definition) is 3. The highest BCUT2D eigenvalue weighted by Gasteiger charge is 2.55. The van der Waals surface area contributed by atoms with Crippen molar-refractivity contribution in [1.29, 1.82) is 0 Å². The lowest BCUT2D eigenvalue weighted by Crippen LogP contribution is -2.58. The second kappa shape index (κ2) is 12.3. The van der Waals surface area contributed by atoms with E-state index < -0.39 is 5.41 Å². The molecule has 2 aromatic carbocycles. The minimum atomic E-state index is -0.614. The van der Waals surface area contributed by atoms with Gasteiger partial charge in [0.05, 0.1) is 23.0 Å². The molecule has 4 aromatic rings. The van der Waals surface area contributed by atoms with Crippen molar-refractivity contribution in [3.05, 3.63) is 65.5 Å². The summed E-state index contributed by atoms with van der Waals surface area (Å²) in [5, 5.41) is 6.13. The van der Waals surface area contributed by atoms with E-state index in [0.717, 1.165) is 65.2 Å². The minimum absolute atomic E-state index is 0.0660. The van der Waals surface area contributed by atoms with Gasteiger partial charge < -0.3 is 30.3 Å². The number of hydrogen-bond acceptors (Lipinski definition) is 7. The van der Waals surface area contributed by atoms with Crippen LogP contribution in [-0.2, 0) is 15.0 Å². The topological polar surface area (TPSA) is 127 Å². The third-order valence-electron chi connectivity index (χ3n) is 11.5. The zero-order valence-electron chi connectivity index (χ0n) is 28.5. The Morgan fingerprint density at radius 2 is 1.73 bits per heavy atom. The van der Waals surface area contributed by atoms with Gasteiger partial charge >= 0.3 is 0 Å². The van der Waals surface area contributed by atoms with Crippen LogP contribution in [0.2, 0.25) is 0 Å². The lowest BCUT2D eigenvalue weighted by Gasteiger charge is -2.48. The SMILES string of the molecule is CNC(=O)c1cc(Nc2nc(-c3ccc4c(c3)N(C3CC(N5CCCCC5)C3)C(=O)C43CCN(C(C)=O)CC3)cc3[nH]cnc23)ccc1C. The molecule has 2 aromatic heterocycles. The normalized spacial score (nSPS) is 21.9. The van der Waals surface area contributed by atoms with E-state index in [-0.39, 0.29) is 23.8 Å². The quantitative estimate of drug-likeness (QED) is 0.257. The summed E-state index contributed by atoms with van der Waals surface area (Å²) in [5.41, 5.74) is 6.84. The van der Waals surface area contributed by atoms with Gasteiger partial charge in [0.1, 0.15) is 5.52 Å². The van der Waals surface area contributed by atoms with E-state index >= 15 is 0 Å². The van der Waals surface area contributed by atoms with Crippen molar-refractivity contribution < 1.29 is 14.4 Å². The standard InChI is InChI=1S/C38H44N8O3/c1-23-7-9-26(18-29(23)36(48)39-3)42-35-34-32(40-22-41-34)21-31(43-35)25-8-10-30-33(17-25)46(28-19-27(20-28)45-13-5-4-6-14-45)37(49)38(30)11-15-44(16-12-38)24(2)47/h7-10,17-18,21-22,27-28H,4-6,11-16,19-20H2,1-3H3,(H,39,48)(H,40,41)(H,42,43). The van der Waals surface area contributed by atoms with Crippen LogP contribution >= 0.6 is 0 Å². The Kier molecular flexibility index (Phi) is 7.89. The zero-order chi connectivity index (χ0) is 33.9. The van der Waals surface area contributed by atoms with Gasteiger partial charge in [0.15, 0.2) is 5.82 Å². The van der Waals surface area contributed by atoms with Crippen molar-refractivity contribution in [2.45, 2.75) is 76.3 Å². The van der Waals surface area contributed by atoms with Gasteiger partial charge in [-0.25, -0.2) is 9.97 Å². The Labute approximate surface area is 286 Å². The molecule has 3 amide bonds. The average molecular weight is 661 g/mol. The van der Waals surface area contributed by atoms with E-state index in [1.165, 1.54) is 19.3 Å². The molecule has 3 aliphatic heterocycles. The van der Waals surface area contributed by atoms with Crippen molar-refractivity contribution in [2.75, 3.05) is 43.4 Å². The maximum absolute atomic E-state index is 14.6. The third kappa shape index (κ3) is 5.35. The van der Waals surface area contributed by atoms with Crippen LogP contribution in [0.4, 0.5) is 17.2 Å². The molecule has 49 heavy (non-hydrogen) atoms. The molecule has 254 valence electrons. The molecule has 2 saturated heterocycles. The number of nitrogens with one attached hydrogen (secondary N) is 3. The summed E-state index contributed by atoms with van der Waals surface area (Å²) in [6.45, 7) is 7.02. The molecule has 4 aliphatic rings. The van der Waals surface area contributed by atoms with E-state index in [1.54, 1.807) is 20.3 Å². The average Bonchev–Trinajstić information content (AvgIpc) is 3.67. The number of carbonyl (C=O) groups is 3. The van der Waals surface area contributed by atoms with Gasteiger partial charge in [0.2, 0.25) is 11.8 Å². The third-order valence-corrected chi connectivity index (χ3v) is 11.5. The van der Waals surface area contributed by atoms with Crippen LogP contribution in [0.5, 0.6) is 0 Å². The first kappa shape index (κ1) is 31.5. The molecule has 8 rings (SSSR count). The molecule has 1 aliphatic carbocycles. The molecule has 3 fully saturated rings. The molecule has 0 atom stereocenters. The molecule has 0 radical (unpaired) electrons. The van der Waals surface area contributed by atoms with E-state index in [2.05, 4.69) is 48.6 Å². The van der Waals surface area contributed by atoms with Crippen molar-refractivity contribution >= 4 is 45.9 Å². The molecule has 0 bridgehead atoms. The fourth-order valence-corrected chi connectivity index (χ4v) is 8.55. The Balaban J connectivity index is 1.15. The van der Waals surface area contributed by atoms with Crippen LogP contribution in [0.15, 0.2) is 48.8 Å². The summed E-state index contributed by atoms with van der Waals surface area (Å²) >= 11 is 0. The predicted molar refractivity (Wildman–Crippen MR) is 190 cm³/mol. The maximum Gasteiger partial charge on any atom is 0.251 e. The number of nitrogens with zero attached hydrogens (tertiary/aromatic N) is 5. The van der Waals surface area contributed by atoms with Gasteiger partial charge in [0.25, 0.3) is 5.91 Å². The minimum Gasteiger partial charge on any atom is -0.355 e. The van der Waals surface area contributed by atoms with Crippen molar-refractivity contribution in [1.82, 2.24) is 30.1 Å². The first-order valence-electron chi connectivity index (χ1n) is 17.7. The molecule has 11 nitrogen and oxygen atoms in total. The van der Waals surface area contributed by atoms with Gasteiger partial charge in [0, 0.05) is 61.6 Å². The van der Waals surface area contributed by atoms with E-state index in [0.29, 0.717) is 48.9 Å². The number of likely N-dealkylation sites (tertiary alicyclic amines) is 2. The molecule has 1 saturated carbocycles. The van der Waals surface area contributed by atoms with Gasteiger partial charge in [-0.1, -0.05) is 24.6 Å². The summed E-state index contributed by atoms with van der Waals surface area (Å²) in [6.07, 6.45) is 8.74. The number of aromatic nitrogens is 3. The summed E-state index contributed by atoms with van der Waals surface area (Å²) in [5.74, 6) is 0.681.